The molecule has 3 N–H and O–H groups in total. The van der Waals surface area contributed by atoms with Gasteiger partial charge in [-0.15, -0.1) is 11.8 Å². The van der Waals surface area contributed by atoms with Gasteiger partial charge < -0.3 is 15.5 Å². The summed E-state index contributed by atoms with van der Waals surface area (Å²) in [7, 11) is 0. The van der Waals surface area contributed by atoms with Gasteiger partial charge in [0.25, 0.3) is 5.91 Å². The highest BCUT2D eigenvalue weighted by Crippen LogP contribution is 2.19. The van der Waals surface area contributed by atoms with Gasteiger partial charge in [-0.1, -0.05) is 19.8 Å². The van der Waals surface area contributed by atoms with E-state index in [1.807, 2.05) is 30.5 Å². The third-order valence-corrected chi connectivity index (χ3v) is 4.03. The first kappa shape index (κ1) is 16.6. The van der Waals surface area contributed by atoms with Gasteiger partial charge in [-0.3, -0.25) is 4.79 Å². The number of nitrogens with two attached hydrogens (primary N) is 1. The number of unbranched alkanes of at least 4 members (excludes halogenated alkanes) is 1. The van der Waals surface area contributed by atoms with Gasteiger partial charge in [-0.25, -0.2) is 4.98 Å². The van der Waals surface area contributed by atoms with Crippen molar-refractivity contribution in [2.24, 2.45) is 5.73 Å². The standard InChI is InChI=1S/C16H21N3O2S/c1-3-4-5-13(17)16-19-14(10-21-16)15(20)18-11-6-8-12(22-2)9-7-11/h6-10,13H,3-5,17H2,1-2H3,(H,18,20). The van der Waals surface area contributed by atoms with E-state index in [0.29, 0.717) is 5.89 Å². The van der Waals surface area contributed by atoms with Gasteiger partial charge in [-0.05, 0) is 36.9 Å². The van der Waals surface area contributed by atoms with E-state index in [4.69, 9.17) is 10.2 Å². The molecule has 118 valence electrons. The summed E-state index contributed by atoms with van der Waals surface area (Å²) in [5, 5.41) is 2.79. The topological polar surface area (TPSA) is 81.1 Å². The number of benzene rings is 1. The number of carbonyl (C=O) groups is 1. The third-order valence-electron chi connectivity index (χ3n) is 3.29. The molecule has 0 saturated heterocycles. The monoisotopic (exact) mass is 319 g/mol. The first-order chi connectivity index (χ1) is 10.6. The number of anilines is 1. The van der Waals surface area contributed by atoms with Crippen LogP contribution in [0.3, 0.4) is 0 Å². The van der Waals surface area contributed by atoms with Gasteiger partial charge >= 0.3 is 0 Å². The first-order valence-electron chi connectivity index (χ1n) is 7.30. The number of hydrogen-bond acceptors (Lipinski definition) is 5. The van der Waals surface area contributed by atoms with Crippen molar-refractivity contribution < 1.29 is 9.21 Å². The van der Waals surface area contributed by atoms with Crippen LogP contribution < -0.4 is 11.1 Å². The summed E-state index contributed by atoms with van der Waals surface area (Å²) in [5.74, 6) is 0.117. The second kappa shape index (κ2) is 8.00. The van der Waals surface area contributed by atoms with E-state index in [9.17, 15) is 4.79 Å². The SMILES string of the molecule is CCCCC(N)c1nc(C(=O)Nc2ccc(SC)cc2)co1. The largest absolute Gasteiger partial charge is 0.446 e. The maximum atomic E-state index is 12.1. The van der Waals surface area contributed by atoms with Crippen molar-refractivity contribution in [3.05, 3.63) is 42.1 Å². The summed E-state index contributed by atoms with van der Waals surface area (Å²) in [5.41, 5.74) is 6.96. The molecule has 22 heavy (non-hydrogen) atoms. The summed E-state index contributed by atoms with van der Waals surface area (Å²) in [4.78, 5) is 17.5. The van der Waals surface area contributed by atoms with Gasteiger partial charge in [0.2, 0.25) is 5.89 Å². The predicted octanol–water partition coefficient (Wildman–Crippen LogP) is 3.84. The van der Waals surface area contributed by atoms with E-state index in [-0.39, 0.29) is 17.6 Å². The Morgan fingerprint density at radius 3 is 2.77 bits per heavy atom. The molecule has 2 rings (SSSR count). The molecule has 1 heterocycles. The molecule has 1 atom stereocenters. The van der Waals surface area contributed by atoms with E-state index >= 15 is 0 Å². The normalized spacial score (nSPS) is 12.1. The lowest BCUT2D eigenvalue weighted by Crippen LogP contribution is -2.14. The third kappa shape index (κ3) is 4.35. The maximum absolute atomic E-state index is 12.1. The van der Waals surface area contributed by atoms with E-state index in [1.54, 1.807) is 11.8 Å². The van der Waals surface area contributed by atoms with Crippen LogP contribution in [0.4, 0.5) is 5.69 Å². The molecule has 2 aromatic rings. The Kier molecular flexibility index (Phi) is 6.03. The summed E-state index contributed by atoms with van der Waals surface area (Å²) < 4.78 is 5.32. The van der Waals surface area contributed by atoms with Crippen LogP contribution >= 0.6 is 11.8 Å². The van der Waals surface area contributed by atoms with Crippen molar-refractivity contribution in [1.82, 2.24) is 4.98 Å². The number of nitrogens with one attached hydrogen (secondary N) is 1. The second-order valence-corrected chi connectivity index (χ2v) is 5.88. The van der Waals surface area contributed by atoms with Crippen LogP contribution in [0.2, 0.25) is 0 Å². The zero-order valence-electron chi connectivity index (χ0n) is 12.8. The highest BCUT2D eigenvalue weighted by Gasteiger charge is 2.16. The molecule has 1 unspecified atom stereocenters. The molecule has 1 aromatic heterocycles. The van der Waals surface area contributed by atoms with Gasteiger partial charge in [0.1, 0.15) is 6.26 Å². The highest BCUT2D eigenvalue weighted by molar-refractivity contribution is 7.98. The molecule has 1 amide bonds. The molecule has 0 spiro atoms. The summed E-state index contributed by atoms with van der Waals surface area (Å²) in [6, 6.07) is 7.36. The molecule has 5 nitrogen and oxygen atoms in total. The Labute approximate surface area is 134 Å². The van der Waals surface area contributed by atoms with E-state index in [0.717, 1.165) is 29.8 Å². The number of carbonyl (C=O) groups excluding carboxylic acids is 1. The van der Waals surface area contributed by atoms with Crippen LogP contribution in [0.5, 0.6) is 0 Å². The minimum atomic E-state index is -0.297. The highest BCUT2D eigenvalue weighted by atomic mass is 32.2. The zero-order valence-corrected chi connectivity index (χ0v) is 13.7. The molecule has 0 aliphatic rings. The number of amides is 1. The van der Waals surface area contributed by atoms with Crippen molar-refractivity contribution in [2.75, 3.05) is 11.6 Å². The minimum Gasteiger partial charge on any atom is -0.446 e. The zero-order chi connectivity index (χ0) is 15.9. The molecular formula is C16H21N3O2S. The lowest BCUT2D eigenvalue weighted by Gasteiger charge is -2.05. The van der Waals surface area contributed by atoms with Gasteiger partial charge in [0.15, 0.2) is 5.69 Å². The number of aromatic nitrogens is 1. The summed E-state index contributed by atoms with van der Waals surface area (Å²) in [6.07, 6.45) is 6.23. The quantitative estimate of drug-likeness (QED) is 0.758. The van der Waals surface area contributed by atoms with E-state index < -0.39 is 0 Å². The predicted molar refractivity (Wildman–Crippen MR) is 89.1 cm³/mol. The number of thioether (sulfide) groups is 1. The number of nitrogens with zero attached hydrogens (tertiary/aromatic N) is 1. The molecular weight excluding hydrogens is 298 g/mol. The van der Waals surface area contributed by atoms with Crippen molar-refractivity contribution in [3.8, 4) is 0 Å². The van der Waals surface area contributed by atoms with Crippen LogP contribution in [0.15, 0.2) is 39.8 Å². The van der Waals surface area contributed by atoms with Crippen molar-refractivity contribution in [1.29, 1.82) is 0 Å². The second-order valence-electron chi connectivity index (χ2n) is 5.00. The van der Waals surface area contributed by atoms with Crippen molar-refractivity contribution in [2.45, 2.75) is 37.1 Å². The van der Waals surface area contributed by atoms with Crippen LogP contribution in [-0.4, -0.2) is 17.1 Å². The number of rotatable bonds is 7. The fourth-order valence-corrected chi connectivity index (χ4v) is 2.39. The van der Waals surface area contributed by atoms with Gasteiger partial charge in [0.05, 0.1) is 6.04 Å². The molecule has 0 bridgehead atoms. The minimum absolute atomic E-state index is 0.246. The van der Waals surface area contributed by atoms with Crippen molar-refractivity contribution >= 4 is 23.4 Å². The van der Waals surface area contributed by atoms with Gasteiger partial charge in [-0.2, -0.15) is 0 Å². The number of oxazole rings is 1. The van der Waals surface area contributed by atoms with Crippen molar-refractivity contribution in [3.63, 3.8) is 0 Å². The van der Waals surface area contributed by atoms with E-state index in [1.165, 1.54) is 6.26 Å². The smallest absolute Gasteiger partial charge is 0.277 e. The number of hydrogen-bond donors (Lipinski definition) is 2. The Balaban J connectivity index is 1.98. The molecule has 6 heteroatoms. The molecule has 0 saturated carbocycles. The average molecular weight is 319 g/mol. The maximum Gasteiger partial charge on any atom is 0.277 e. The van der Waals surface area contributed by atoms with E-state index in [2.05, 4.69) is 17.2 Å². The molecule has 1 aromatic carbocycles. The van der Waals surface area contributed by atoms with Crippen LogP contribution in [-0.2, 0) is 0 Å². The summed E-state index contributed by atoms with van der Waals surface area (Å²) >= 11 is 1.65. The molecule has 0 aliphatic carbocycles. The fourth-order valence-electron chi connectivity index (χ4n) is 1.98. The van der Waals surface area contributed by atoms with Gasteiger partial charge in [0, 0.05) is 10.6 Å². The average Bonchev–Trinajstić information content (AvgIpc) is 3.03. The van der Waals surface area contributed by atoms with Crippen LogP contribution in [0.25, 0.3) is 0 Å². The Morgan fingerprint density at radius 1 is 1.41 bits per heavy atom. The molecule has 0 radical (unpaired) electrons. The van der Waals surface area contributed by atoms with Crippen LogP contribution in [0, 0.1) is 0 Å². The lowest BCUT2D eigenvalue weighted by atomic mass is 10.1. The van der Waals surface area contributed by atoms with Crippen LogP contribution in [0.1, 0.15) is 48.6 Å². The Morgan fingerprint density at radius 2 is 2.14 bits per heavy atom. The Bertz CT molecular complexity index is 610. The Hall–Kier alpha value is -1.79. The molecule has 0 aliphatic heterocycles. The first-order valence-corrected chi connectivity index (χ1v) is 8.53. The molecule has 0 fully saturated rings. The lowest BCUT2D eigenvalue weighted by molar-refractivity contribution is 0.102. The fraction of sp³-hybridized carbons (Fsp3) is 0.375. The summed E-state index contributed by atoms with van der Waals surface area (Å²) in [6.45, 7) is 2.10.